The monoisotopic (exact) mass is 348 g/mol. The predicted molar refractivity (Wildman–Crippen MR) is 99.6 cm³/mol. The second kappa shape index (κ2) is 7.05. The predicted octanol–water partition coefficient (Wildman–Crippen LogP) is 3.30. The summed E-state index contributed by atoms with van der Waals surface area (Å²) in [6.45, 7) is 6.24. The summed E-state index contributed by atoms with van der Waals surface area (Å²) in [5.74, 6) is 1.77. The molecule has 3 nitrogen and oxygen atoms in total. The summed E-state index contributed by atoms with van der Waals surface area (Å²) in [4.78, 5) is 15.8. The Bertz CT molecular complexity index is 585. The summed E-state index contributed by atoms with van der Waals surface area (Å²) in [5.41, 5.74) is 2.27. The van der Waals surface area contributed by atoms with Crippen molar-refractivity contribution >= 4 is 18.3 Å². The van der Waals surface area contributed by atoms with Crippen LogP contribution in [-0.4, -0.2) is 37.0 Å². The van der Waals surface area contributed by atoms with Crippen molar-refractivity contribution in [3.63, 3.8) is 0 Å². The summed E-state index contributed by atoms with van der Waals surface area (Å²) < 4.78 is 0. The van der Waals surface area contributed by atoms with Gasteiger partial charge in [-0.05, 0) is 37.2 Å². The molecule has 2 atom stereocenters. The van der Waals surface area contributed by atoms with Crippen molar-refractivity contribution < 1.29 is 4.79 Å². The topological polar surface area (TPSA) is 32.3 Å². The third kappa shape index (κ3) is 2.97. The number of nitrogens with zero attached hydrogens (tertiary/aromatic N) is 1. The lowest BCUT2D eigenvalue weighted by Crippen LogP contribution is -2.48. The molecule has 0 radical (unpaired) electrons. The van der Waals surface area contributed by atoms with Crippen LogP contribution in [0.25, 0.3) is 0 Å². The van der Waals surface area contributed by atoms with Crippen molar-refractivity contribution in [3.05, 3.63) is 35.4 Å². The molecule has 2 aliphatic heterocycles. The van der Waals surface area contributed by atoms with Crippen LogP contribution in [0, 0.1) is 18.8 Å². The Morgan fingerprint density at radius 2 is 1.79 bits per heavy atom. The fourth-order valence-corrected chi connectivity index (χ4v) is 5.05. The van der Waals surface area contributed by atoms with Gasteiger partial charge in [-0.25, -0.2) is 0 Å². The molecule has 4 rings (SSSR count). The van der Waals surface area contributed by atoms with E-state index >= 15 is 0 Å². The molecule has 1 aliphatic carbocycles. The van der Waals surface area contributed by atoms with E-state index < -0.39 is 0 Å². The number of hydrogen-bond donors (Lipinski definition) is 1. The molecule has 0 spiro atoms. The van der Waals surface area contributed by atoms with E-state index in [0.717, 1.165) is 39.0 Å². The molecule has 3 fully saturated rings. The first-order valence-electron chi connectivity index (χ1n) is 9.26. The highest BCUT2D eigenvalue weighted by Gasteiger charge is 2.47. The van der Waals surface area contributed by atoms with Gasteiger partial charge >= 0.3 is 0 Å². The quantitative estimate of drug-likeness (QED) is 0.889. The molecule has 1 amide bonds. The molecule has 2 heterocycles. The van der Waals surface area contributed by atoms with Gasteiger partial charge in [0.25, 0.3) is 0 Å². The van der Waals surface area contributed by atoms with Crippen LogP contribution in [0.5, 0.6) is 0 Å². The van der Waals surface area contributed by atoms with Crippen molar-refractivity contribution in [1.29, 1.82) is 0 Å². The highest BCUT2D eigenvalue weighted by Crippen LogP contribution is 2.42. The third-order valence-electron chi connectivity index (χ3n) is 6.36. The van der Waals surface area contributed by atoms with E-state index in [-0.39, 0.29) is 17.8 Å². The standard InChI is InChI=1S/C20H28N2O.ClH/c1-15-6-5-7-18(10-15)20(8-3-2-4-9-20)19(23)22-13-16-11-21-12-17(16)14-22;/h5-7,10,16-17,21H,2-4,8-9,11-14H2,1H3;1H/t16-,17+;. The molecule has 4 heteroatoms. The number of hydrogen-bond acceptors (Lipinski definition) is 2. The molecule has 24 heavy (non-hydrogen) atoms. The first-order chi connectivity index (χ1) is 11.2. The number of carbonyl (C=O) groups is 1. The Kier molecular flexibility index (Phi) is 5.22. The molecule has 2 saturated heterocycles. The second-order valence-corrected chi connectivity index (χ2v) is 7.90. The normalized spacial score (nSPS) is 28.3. The third-order valence-corrected chi connectivity index (χ3v) is 6.36. The molecule has 1 N–H and O–H groups in total. The molecule has 0 unspecified atom stereocenters. The Labute approximate surface area is 151 Å². The van der Waals surface area contributed by atoms with E-state index in [1.165, 1.54) is 30.4 Å². The lowest BCUT2D eigenvalue weighted by atomic mass is 9.68. The number of rotatable bonds is 2. The zero-order valence-electron chi connectivity index (χ0n) is 14.6. The zero-order valence-corrected chi connectivity index (χ0v) is 15.4. The fourth-order valence-electron chi connectivity index (χ4n) is 5.05. The SMILES string of the molecule is Cc1cccc(C2(C(=O)N3C[C@H]4CNC[C@H]4C3)CCCCC2)c1.Cl. The number of aryl methyl sites for hydroxylation is 1. The van der Waals surface area contributed by atoms with Crippen molar-refractivity contribution in [2.75, 3.05) is 26.2 Å². The average molecular weight is 349 g/mol. The van der Waals surface area contributed by atoms with Gasteiger partial charge in [-0.15, -0.1) is 12.4 Å². The Morgan fingerprint density at radius 3 is 2.42 bits per heavy atom. The van der Waals surface area contributed by atoms with Crippen LogP contribution in [0.4, 0.5) is 0 Å². The summed E-state index contributed by atoms with van der Waals surface area (Å²) >= 11 is 0. The molecule has 1 aromatic rings. The lowest BCUT2D eigenvalue weighted by Gasteiger charge is -2.39. The first kappa shape index (κ1) is 17.8. The van der Waals surface area contributed by atoms with E-state index in [2.05, 4.69) is 41.4 Å². The number of halogens is 1. The highest BCUT2D eigenvalue weighted by molar-refractivity contribution is 5.88. The van der Waals surface area contributed by atoms with Gasteiger partial charge < -0.3 is 10.2 Å². The molecular formula is C20H29ClN2O. The minimum atomic E-state index is -0.254. The highest BCUT2D eigenvalue weighted by atomic mass is 35.5. The van der Waals surface area contributed by atoms with Crippen molar-refractivity contribution in [3.8, 4) is 0 Å². The van der Waals surface area contributed by atoms with Gasteiger partial charge in [0.1, 0.15) is 0 Å². The minimum Gasteiger partial charge on any atom is -0.341 e. The fraction of sp³-hybridized carbons (Fsp3) is 0.650. The maximum atomic E-state index is 13.6. The molecule has 3 aliphatic rings. The molecule has 1 saturated carbocycles. The van der Waals surface area contributed by atoms with Crippen LogP contribution in [0.15, 0.2) is 24.3 Å². The minimum absolute atomic E-state index is 0. The largest absolute Gasteiger partial charge is 0.341 e. The van der Waals surface area contributed by atoms with E-state index in [1.54, 1.807) is 0 Å². The van der Waals surface area contributed by atoms with Gasteiger partial charge in [0, 0.05) is 26.2 Å². The van der Waals surface area contributed by atoms with E-state index in [1.807, 2.05) is 0 Å². The van der Waals surface area contributed by atoms with Crippen LogP contribution in [0.2, 0.25) is 0 Å². The smallest absolute Gasteiger partial charge is 0.233 e. The number of likely N-dealkylation sites (tertiary alicyclic amines) is 1. The van der Waals surface area contributed by atoms with Crippen molar-refractivity contribution in [2.24, 2.45) is 11.8 Å². The number of amides is 1. The number of nitrogens with one attached hydrogen (secondary N) is 1. The number of benzene rings is 1. The number of fused-ring (bicyclic) bond motifs is 1. The summed E-state index contributed by atoms with van der Waals surface area (Å²) in [6, 6.07) is 8.70. The van der Waals surface area contributed by atoms with Crippen LogP contribution in [0.1, 0.15) is 43.2 Å². The van der Waals surface area contributed by atoms with Gasteiger partial charge in [-0.1, -0.05) is 49.1 Å². The zero-order chi connectivity index (χ0) is 15.9. The molecular weight excluding hydrogens is 320 g/mol. The van der Waals surface area contributed by atoms with Gasteiger partial charge in [-0.2, -0.15) is 0 Å². The van der Waals surface area contributed by atoms with E-state index in [9.17, 15) is 4.79 Å². The summed E-state index contributed by atoms with van der Waals surface area (Å²) in [5, 5.41) is 3.47. The molecule has 132 valence electrons. The van der Waals surface area contributed by atoms with Gasteiger partial charge in [-0.3, -0.25) is 4.79 Å². The Hall–Kier alpha value is -1.06. The average Bonchev–Trinajstić information content (AvgIpc) is 3.16. The van der Waals surface area contributed by atoms with Crippen LogP contribution >= 0.6 is 12.4 Å². The lowest BCUT2D eigenvalue weighted by molar-refractivity contribution is -0.138. The van der Waals surface area contributed by atoms with Gasteiger partial charge in [0.2, 0.25) is 5.91 Å². The molecule has 0 bridgehead atoms. The van der Waals surface area contributed by atoms with E-state index in [0.29, 0.717) is 17.7 Å². The molecule has 1 aromatic carbocycles. The summed E-state index contributed by atoms with van der Waals surface area (Å²) in [6.07, 6.45) is 5.69. The molecule has 0 aromatic heterocycles. The Morgan fingerprint density at radius 1 is 1.12 bits per heavy atom. The second-order valence-electron chi connectivity index (χ2n) is 7.90. The maximum absolute atomic E-state index is 13.6. The van der Waals surface area contributed by atoms with Crippen molar-refractivity contribution in [2.45, 2.75) is 44.4 Å². The van der Waals surface area contributed by atoms with Crippen LogP contribution < -0.4 is 5.32 Å². The Balaban J connectivity index is 0.00000169. The van der Waals surface area contributed by atoms with Gasteiger partial charge in [0.15, 0.2) is 0 Å². The summed E-state index contributed by atoms with van der Waals surface area (Å²) in [7, 11) is 0. The van der Waals surface area contributed by atoms with Crippen LogP contribution in [-0.2, 0) is 10.2 Å². The number of carbonyl (C=O) groups excluding carboxylic acids is 1. The van der Waals surface area contributed by atoms with Gasteiger partial charge in [0.05, 0.1) is 5.41 Å². The van der Waals surface area contributed by atoms with Crippen LogP contribution in [0.3, 0.4) is 0 Å². The first-order valence-corrected chi connectivity index (χ1v) is 9.26. The van der Waals surface area contributed by atoms with E-state index in [4.69, 9.17) is 0 Å². The van der Waals surface area contributed by atoms with Crippen molar-refractivity contribution in [1.82, 2.24) is 10.2 Å². The maximum Gasteiger partial charge on any atom is 0.233 e.